The van der Waals surface area contributed by atoms with Crippen molar-refractivity contribution in [2.45, 2.75) is 40.2 Å². The molecule has 2 aromatic carbocycles. The number of amides is 1. The number of carbonyl (C=O) groups is 2. The van der Waals surface area contributed by atoms with Crippen molar-refractivity contribution in [2.24, 2.45) is 0 Å². The number of rotatable bonds is 8. The predicted molar refractivity (Wildman–Crippen MR) is 118 cm³/mol. The summed E-state index contributed by atoms with van der Waals surface area (Å²) >= 11 is 0. The number of aryl methyl sites for hydroxylation is 2. The number of anilines is 2. The van der Waals surface area contributed by atoms with Crippen LogP contribution in [-0.4, -0.2) is 39.2 Å². The number of carbonyl (C=O) groups excluding carboxylic acids is 2. The largest absolute Gasteiger partial charge is 0.462 e. The number of hydrogen-bond donors (Lipinski definition) is 1. The molecule has 2 aromatic rings. The maximum Gasteiger partial charge on any atom is 0.338 e. The molecule has 30 heavy (non-hydrogen) atoms. The highest BCUT2D eigenvalue weighted by Crippen LogP contribution is 2.26. The van der Waals surface area contributed by atoms with Crippen LogP contribution >= 0.6 is 0 Å². The molecule has 0 fully saturated rings. The van der Waals surface area contributed by atoms with E-state index in [0.29, 0.717) is 16.9 Å². The number of esters is 1. The van der Waals surface area contributed by atoms with Crippen molar-refractivity contribution in [3.63, 3.8) is 0 Å². The average molecular weight is 433 g/mol. The van der Waals surface area contributed by atoms with Crippen LogP contribution in [0.4, 0.5) is 11.4 Å². The lowest BCUT2D eigenvalue weighted by molar-refractivity contribution is -0.117. The Morgan fingerprint density at radius 1 is 1.03 bits per heavy atom. The predicted octanol–water partition coefficient (Wildman–Crippen LogP) is 3.66. The number of nitrogens with zero attached hydrogens (tertiary/aromatic N) is 1. The summed E-state index contributed by atoms with van der Waals surface area (Å²) in [6.07, 6.45) is 1.38. The lowest BCUT2D eigenvalue weighted by atomic mass is 10.1. The van der Waals surface area contributed by atoms with Gasteiger partial charge in [-0.25, -0.2) is 13.2 Å². The Kier molecular flexibility index (Phi) is 7.61. The lowest BCUT2D eigenvalue weighted by Crippen LogP contribution is -2.47. The molecule has 0 aliphatic carbocycles. The summed E-state index contributed by atoms with van der Waals surface area (Å²) in [4.78, 5) is 24.7. The van der Waals surface area contributed by atoms with Gasteiger partial charge in [0.1, 0.15) is 6.04 Å². The highest BCUT2D eigenvalue weighted by molar-refractivity contribution is 7.92. The molecule has 0 aliphatic rings. The second-order valence-corrected chi connectivity index (χ2v) is 8.98. The molecule has 8 heteroatoms. The summed E-state index contributed by atoms with van der Waals surface area (Å²) in [5.74, 6) is -0.897. The van der Waals surface area contributed by atoms with Crippen molar-refractivity contribution < 1.29 is 22.7 Å². The molecule has 0 unspecified atom stereocenters. The van der Waals surface area contributed by atoms with E-state index < -0.39 is 27.9 Å². The van der Waals surface area contributed by atoms with E-state index in [-0.39, 0.29) is 13.0 Å². The Labute approximate surface area is 178 Å². The Balaban J connectivity index is 2.31. The number of sulfonamides is 1. The third-order valence-electron chi connectivity index (χ3n) is 4.45. The van der Waals surface area contributed by atoms with E-state index in [1.807, 2.05) is 19.9 Å². The molecule has 0 radical (unpaired) electrons. The Hall–Kier alpha value is -2.87. The molecule has 0 saturated heterocycles. The summed E-state index contributed by atoms with van der Waals surface area (Å²) in [5.41, 5.74) is 3.09. The Morgan fingerprint density at radius 3 is 2.07 bits per heavy atom. The SMILES string of the molecule is CCOC(=O)c1ccc(NC(=O)[C@@H](CC)N(c2cc(C)cc(C)c2)S(C)(=O)=O)cc1. The Morgan fingerprint density at radius 2 is 1.60 bits per heavy atom. The van der Waals surface area contributed by atoms with Crippen LogP contribution in [0.25, 0.3) is 0 Å². The van der Waals surface area contributed by atoms with Gasteiger partial charge < -0.3 is 10.1 Å². The van der Waals surface area contributed by atoms with E-state index in [1.54, 1.807) is 50.2 Å². The van der Waals surface area contributed by atoms with E-state index >= 15 is 0 Å². The van der Waals surface area contributed by atoms with Crippen LogP contribution in [0, 0.1) is 13.8 Å². The molecule has 1 amide bonds. The second-order valence-electron chi connectivity index (χ2n) is 7.12. The van der Waals surface area contributed by atoms with Crippen molar-refractivity contribution in [2.75, 3.05) is 22.5 Å². The van der Waals surface area contributed by atoms with Crippen molar-refractivity contribution in [3.8, 4) is 0 Å². The smallest absolute Gasteiger partial charge is 0.338 e. The van der Waals surface area contributed by atoms with E-state index in [0.717, 1.165) is 21.7 Å². The molecule has 1 N–H and O–H groups in total. The van der Waals surface area contributed by atoms with Crippen molar-refractivity contribution >= 4 is 33.3 Å². The topological polar surface area (TPSA) is 92.8 Å². The van der Waals surface area contributed by atoms with Crippen LogP contribution in [0.1, 0.15) is 41.8 Å². The lowest BCUT2D eigenvalue weighted by Gasteiger charge is -2.30. The third-order valence-corrected chi connectivity index (χ3v) is 5.63. The summed E-state index contributed by atoms with van der Waals surface area (Å²) in [5, 5.41) is 2.75. The monoisotopic (exact) mass is 432 g/mol. The van der Waals surface area contributed by atoms with E-state index in [9.17, 15) is 18.0 Å². The molecule has 1 atom stereocenters. The van der Waals surface area contributed by atoms with Gasteiger partial charge in [-0.1, -0.05) is 13.0 Å². The maximum absolute atomic E-state index is 13.0. The quantitative estimate of drug-likeness (QED) is 0.643. The van der Waals surface area contributed by atoms with E-state index in [4.69, 9.17) is 4.74 Å². The van der Waals surface area contributed by atoms with E-state index in [1.165, 1.54) is 0 Å². The number of benzene rings is 2. The fourth-order valence-electron chi connectivity index (χ4n) is 3.27. The standard InChI is InChI=1S/C22H28N2O5S/c1-6-20(24(30(5,27)28)19-13-15(3)12-16(4)14-19)21(25)23-18-10-8-17(9-11-18)22(26)29-7-2/h8-14,20H,6-7H2,1-5H3,(H,23,25)/t20-/m1/s1. The molecule has 2 rings (SSSR count). The van der Waals surface area contributed by atoms with Crippen LogP contribution in [0.15, 0.2) is 42.5 Å². The molecule has 0 saturated carbocycles. The average Bonchev–Trinajstić information content (AvgIpc) is 2.64. The van der Waals surface area contributed by atoms with Gasteiger partial charge in [-0.2, -0.15) is 0 Å². The number of ether oxygens (including phenoxy) is 1. The van der Waals surface area contributed by atoms with Crippen LogP contribution in [0.2, 0.25) is 0 Å². The summed E-state index contributed by atoms with van der Waals surface area (Å²) in [6.45, 7) is 7.51. The minimum absolute atomic E-state index is 0.273. The number of nitrogens with one attached hydrogen (secondary N) is 1. The summed E-state index contributed by atoms with van der Waals surface area (Å²) in [6, 6.07) is 10.8. The first kappa shape index (κ1) is 23.4. The highest BCUT2D eigenvalue weighted by Gasteiger charge is 2.31. The fourth-order valence-corrected chi connectivity index (χ4v) is 4.46. The van der Waals surface area contributed by atoms with Gasteiger partial charge in [0.25, 0.3) is 0 Å². The van der Waals surface area contributed by atoms with Gasteiger partial charge in [0.15, 0.2) is 0 Å². The van der Waals surface area contributed by atoms with Crippen molar-refractivity contribution in [3.05, 3.63) is 59.2 Å². The molecule has 0 aliphatic heterocycles. The van der Waals surface area contributed by atoms with Gasteiger partial charge in [-0.15, -0.1) is 0 Å². The summed E-state index contributed by atoms with van der Waals surface area (Å²) < 4.78 is 31.3. The van der Waals surface area contributed by atoms with Gasteiger partial charge in [0.2, 0.25) is 15.9 Å². The first-order valence-electron chi connectivity index (χ1n) is 9.72. The van der Waals surface area contributed by atoms with Crippen LogP contribution in [-0.2, 0) is 19.6 Å². The molecule has 0 bridgehead atoms. The zero-order chi connectivity index (χ0) is 22.5. The zero-order valence-corrected chi connectivity index (χ0v) is 18.7. The van der Waals surface area contributed by atoms with Gasteiger partial charge >= 0.3 is 5.97 Å². The summed E-state index contributed by atoms with van der Waals surface area (Å²) in [7, 11) is -3.71. The molecule has 0 spiro atoms. The molecular formula is C22H28N2O5S. The normalized spacial score (nSPS) is 12.2. The van der Waals surface area contributed by atoms with Gasteiger partial charge in [0.05, 0.1) is 24.1 Å². The molecule has 0 heterocycles. The molecule has 162 valence electrons. The van der Waals surface area contributed by atoms with Crippen molar-refractivity contribution in [1.82, 2.24) is 0 Å². The van der Waals surface area contributed by atoms with Crippen LogP contribution in [0.5, 0.6) is 0 Å². The maximum atomic E-state index is 13.0. The third kappa shape index (κ3) is 5.82. The van der Waals surface area contributed by atoms with E-state index in [2.05, 4.69) is 5.32 Å². The highest BCUT2D eigenvalue weighted by atomic mass is 32.2. The van der Waals surface area contributed by atoms with Gasteiger partial charge in [-0.05, 0) is 74.7 Å². The second kappa shape index (κ2) is 9.75. The first-order chi connectivity index (χ1) is 14.1. The minimum Gasteiger partial charge on any atom is -0.462 e. The van der Waals surface area contributed by atoms with Crippen LogP contribution < -0.4 is 9.62 Å². The first-order valence-corrected chi connectivity index (χ1v) is 11.6. The van der Waals surface area contributed by atoms with Crippen molar-refractivity contribution in [1.29, 1.82) is 0 Å². The molecule has 0 aromatic heterocycles. The Bertz CT molecular complexity index is 996. The number of hydrogen-bond acceptors (Lipinski definition) is 5. The van der Waals surface area contributed by atoms with Gasteiger partial charge in [0, 0.05) is 5.69 Å². The fraction of sp³-hybridized carbons (Fsp3) is 0.364. The molecular weight excluding hydrogens is 404 g/mol. The molecule has 7 nitrogen and oxygen atoms in total. The van der Waals surface area contributed by atoms with Gasteiger partial charge in [-0.3, -0.25) is 9.10 Å². The minimum atomic E-state index is -3.71. The zero-order valence-electron chi connectivity index (χ0n) is 17.9. The van der Waals surface area contributed by atoms with Crippen LogP contribution in [0.3, 0.4) is 0 Å².